The molecule has 0 saturated carbocycles. The van der Waals surface area contributed by atoms with Crippen LogP contribution in [0.1, 0.15) is 36.0 Å². The number of piperidine rings is 1. The molecule has 1 atom stereocenters. The first kappa shape index (κ1) is 22.6. The number of anilines is 1. The Bertz CT molecular complexity index is 1080. The number of hydrogen-bond acceptors (Lipinski definition) is 5. The Balaban J connectivity index is 1.45. The Morgan fingerprint density at radius 1 is 1.09 bits per heavy atom. The summed E-state index contributed by atoms with van der Waals surface area (Å²) in [6.45, 7) is 5.31. The summed E-state index contributed by atoms with van der Waals surface area (Å²) in [4.78, 5) is 15.4. The third-order valence-electron chi connectivity index (χ3n) is 6.09. The number of carbonyl (C=O) groups excluding carboxylic acids is 1. The first-order chi connectivity index (χ1) is 15.3. The lowest BCUT2D eigenvalue weighted by Gasteiger charge is -2.34. The van der Waals surface area contributed by atoms with Gasteiger partial charge in [-0.15, -0.1) is 0 Å². The summed E-state index contributed by atoms with van der Waals surface area (Å²) in [5.74, 6) is 0.0792. The van der Waals surface area contributed by atoms with E-state index < -0.39 is 16.1 Å². The molecule has 2 aliphatic rings. The molecule has 0 bridgehead atoms. The second-order valence-electron chi connectivity index (χ2n) is 8.70. The third-order valence-corrected chi connectivity index (χ3v) is 7.24. The monoisotopic (exact) mass is 457 g/mol. The summed E-state index contributed by atoms with van der Waals surface area (Å²) < 4.78 is 31.9. The Hall–Kier alpha value is -2.58. The highest BCUT2D eigenvalue weighted by Crippen LogP contribution is 2.35. The zero-order valence-corrected chi connectivity index (χ0v) is 19.5. The van der Waals surface area contributed by atoms with Gasteiger partial charge in [0.1, 0.15) is 5.75 Å². The van der Waals surface area contributed by atoms with Crippen LogP contribution in [0.3, 0.4) is 0 Å². The van der Waals surface area contributed by atoms with Crippen LogP contribution in [0.2, 0.25) is 0 Å². The van der Waals surface area contributed by atoms with Gasteiger partial charge in [0.2, 0.25) is 10.0 Å². The quantitative estimate of drug-likeness (QED) is 0.722. The molecule has 8 heteroatoms. The fourth-order valence-electron chi connectivity index (χ4n) is 4.35. The van der Waals surface area contributed by atoms with Crippen molar-refractivity contribution in [3.63, 3.8) is 0 Å². The van der Waals surface area contributed by atoms with E-state index in [0.717, 1.165) is 37.0 Å². The Labute approximate surface area is 190 Å². The second-order valence-corrected chi connectivity index (χ2v) is 10.6. The van der Waals surface area contributed by atoms with Gasteiger partial charge >= 0.3 is 0 Å². The van der Waals surface area contributed by atoms with Gasteiger partial charge in [-0.1, -0.05) is 36.8 Å². The maximum absolute atomic E-state index is 13.0. The molecule has 2 aliphatic heterocycles. The molecule has 4 rings (SSSR count). The fraction of sp³-hybridized carbons (Fsp3) is 0.458. The number of amides is 1. The molecule has 0 aliphatic carbocycles. The summed E-state index contributed by atoms with van der Waals surface area (Å²) in [6, 6.07) is 13.5. The van der Waals surface area contributed by atoms with Crippen molar-refractivity contribution in [3.05, 3.63) is 59.2 Å². The van der Waals surface area contributed by atoms with Gasteiger partial charge in [0.25, 0.3) is 5.91 Å². The number of nitrogens with one attached hydrogen (secondary N) is 1. The molecule has 2 heterocycles. The predicted octanol–water partition coefficient (Wildman–Crippen LogP) is 2.82. The average Bonchev–Trinajstić information content (AvgIpc) is 2.77. The van der Waals surface area contributed by atoms with Crippen molar-refractivity contribution < 1.29 is 17.9 Å². The second kappa shape index (κ2) is 9.50. The van der Waals surface area contributed by atoms with Crippen LogP contribution in [0, 0.1) is 6.92 Å². The van der Waals surface area contributed by atoms with Gasteiger partial charge in [0.05, 0.1) is 18.5 Å². The van der Waals surface area contributed by atoms with Crippen molar-refractivity contribution in [2.75, 3.05) is 30.2 Å². The number of aryl methyl sites for hydroxylation is 1. The number of nitrogens with zero attached hydrogens (tertiary/aromatic N) is 2. The molecule has 1 fully saturated rings. The smallest absolute Gasteiger partial charge is 0.263 e. The summed E-state index contributed by atoms with van der Waals surface area (Å²) >= 11 is 0. The maximum Gasteiger partial charge on any atom is 0.263 e. The van der Waals surface area contributed by atoms with E-state index in [9.17, 15) is 13.2 Å². The minimum atomic E-state index is -3.54. The minimum absolute atomic E-state index is 0.0451. The number of hydrogen-bond donors (Lipinski definition) is 1. The fourth-order valence-corrected chi connectivity index (χ4v) is 5.26. The molecule has 32 heavy (non-hydrogen) atoms. The SMILES string of the molecule is Cc1ccc2c(c1)N(S(C)(=O)=O)C[C@H](C(=O)NCc1ccccc1CN1CCCCC1)O2. The minimum Gasteiger partial charge on any atom is -0.476 e. The third kappa shape index (κ3) is 5.24. The van der Waals surface area contributed by atoms with Crippen LogP contribution in [0.5, 0.6) is 5.75 Å². The molecule has 2 aromatic carbocycles. The lowest BCUT2D eigenvalue weighted by molar-refractivity contribution is -0.127. The van der Waals surface area contributed by atoms with Gasteiger partial charge in [-0.25, -0.2) is 8.42 Å². The van der Waals surface area contributed by atoms with E-state index in [4.69, 9.17) is 4.74 Å². The molecular weight excluding hydrogens is 426 g/mol. The molecule has 0 aromatic heterocycles. The predicted molar refractivity (Wildman–Crippen MR) is 125 cm³/mol. The van der Waals surface area contributed by atoms with Crippen molar-refractivity contribution in [3.8, 4) is 5.75 Å². The number of rotatable bonds is 6. The van der Waals surface area contributed by atoms with Crippen LogP contribution >= 0.6 is 0 Å². The van der Waals surface area contributed by atoms with Gasteiger partial charge in [0.15, 0.2) is 6.10 Å². The average molecular weight is 458 g/mol. The van der Waals surface area contributed by atoms with Gasteiger partial charge in [-0.3, -0.25) is 14.0 Å². The summed E-state index contributed by atoms with van der Waals surface area (Å²) in [5, 5.41) is 2.96. The van der Waals surface area contributed by atoms with Crippen molar-refractivity contribution in [1.82, 2.24) is 10.2 Å². The van der Waals surface area contributed by atoms with E-state index >= 15 is 0 Å². The van der Waals surface area contributed by atoms with Crippen molar-refractivity contribution in [1.29, 1.82) is 0 Å². The number of sulfonamides is 1. The van der Waals surface area contributed by atoms with E-state index in [1.807, 2.05) is 31.2 Å². The Morgan fingerprint density at radius 3 is 2.53 bits per heavy atom. The maximum atomic E-state index is 13.0. The number of likely N-dealkylation sites (tertiary alicyclic amines) is 1. The van der Waals surface area contributed by atoms with E-state index in [2.05, 4.69) is 16.3 Å². The van der Waals surface area contributed by atoms with Gasteiger partial charge in [0, 0.05) is 13.1 Å². The number of carbonyl (C=O) groups is 1. The summed E-state index contributed by atoms with van der Waals surface area (Å²) in [6.07, 6.45) is 4.00. The highest BCUT2D eigenvalue weighted by molar-refractivity contribution is 7.92. The van der Waals surface area contributed by atoms with Crippen LogP contribution in [0.15, 0.2) is 42.5 Å². The number of fused-ring (bicyclic) bond motifs is 1. The molecule has 0 radical (unpaired) electrons. The van der Waals surface area contributed by atoms with Crippen LogP contribution in [0.25, 0.3) is 0 Å². The molecule has 1 N–H and O–H groups in total. The first-order valence-electron chi connectivity index (χ1n) is 11.1. The molecule has 172 valence electrons. The standard InChI is InChI=1S/C24H31N3O4S/c1-18-10-11-22-21(14-18)27(32(2,29)30)17-23(31-22)24(28)25-15-19-8-4-5-9-20(19)16-26-12-6-3-7-13-26/h4-5,8-11,14,23H,3,6-7,12-13,15-17H2,1-2H3,(H,25,28)/t23-/m1/s1. The zero-order chi connectivity index (χ0) is 22.7. The summed E-state index contributed by atoms with van der Waals surface area (Å²) in [7, 11) is -3.54. The van der Waals surface area contributed by atoms with Crippen LogP contribution < -0.4 is 14.4 Å². The lowest BCUT2D eigenvalue weighted by Crippen LogP contribution is -2.50. The van der Waals surface area contributed by atoms with Crippen molar-refractivity contribution in [2.24, 2.45) is 0 Å². The zero-order valence-electron chi connectivity index (χ0n) is 18.7. The molecule has 7 nitrogen and oxygen atoms in total. The highest BCUT2D eigenvalue weighted by Gasteiger charge is 2.35. The van der Waals surface area contributed by atoms with Crippen LogP contribution in [-0.4, -0.2) is 51.2 Å². The van der Waals surface area contributed by atoms with Gasteiger partial charge in [-0.05, 0) is 61.7 Å². The van der Waals surface area contributed by atoms with Crippen molar-refractivity contribution in [2.45, 2.75) is 45.4 Å². The van der Waals surface area contributed by atoms with E-state index in [0.29, 0.717) is 18.0 Å². The Kier molecular flexibility index (Phi) is 6.71. The molecule has 1 amide bonds. The largest absolute Gasteiger partial charge is 0.476 e. The van der Waals surface area contributed by atoms with Gasteiger partial charge in [-0.2, -0.15) is 0 Å². The molecule has 0 spiro atoms. The lowest BCUT2D eigenvalue weighted by atomic mass is 10.0. The highest BCUT2D eigenvalue weighted by atomic mass is 32.2. The van der Waals surface area contributed by atoms with Crippen LogP contribution in [-0.2, 0) is 27.9 Å². The molecule has 1 saturated heterocycles. The van der Waals surface area contributed by atoms with Crippen molar-refractivity contribution >= 4 is 21.6 Å². The number of ether oxygens (including phenoxy) is 1. The molecular formula is C24H31N3O4S. The molecule has 0 unspecified atom stereocenters. The summed E-state index contributed by atoms with van der Waals surface area (Å²) in [5.41, 5.74) is 3.67. The normalized spacial score (nSPS) is 19.2. The van der Waals surface area contributed by atoms with Gasteiger partial charge < -0.3 is 10.1 Å². The first-order valence-corrected chi connectivity index (χ1v) is 13.0. The molecule has 2 aromatic rings. The van der Waals surface area contributed by atoms with Crippen LogP contribution in [0.4, 0.5) is 5.69 Å². The Morgan fingerprint density at radius 2 is 1.81 bits per heavy atom. The van der Waals surface area contributed by atoms with E-state index in [1.54, 1.807) is 12.1 Å². The van der Waals surface area contributed by atoms with E-state index in [1.165, 1.54) is 29.1 Å². The topological polar surface area (TPSA) is 79.0 Å². The van der Waals surface area contributed by atoms with E-state index in [-0.39, 0.29) is 12.5 Å². The number of benzene rings is 2.